The third-order valence-corrected chi connectivity index (χ3v) is 7.85. The van der Waals surface area contributed by atoms with E-state index < -0.39 is 24.7 Å². The number of halogens is 3. The molecule has 1 rings (SSSR count). The van der Waals surface area contributed by atoms with Crippen molar-refractivity contribution in [3.63, 3.8) is 0 Å². The fourth-order valence-electron chi connectivity index (χ4n) is 4.11. The molecule has 3 unspecified atom stereocenters. The van der Waals surface area contributed by atoms with Crippen LogP contribution < -0.4 is 0 Å². The van der Waals surface area contributed by atoms with E-state index in [-0.39, 0.29) is 29.4 Å². The van der Waals surface area contributed by atoms with E-state index in [1.165, 1.54) is 0 Å². The SMILES string of the molecule is CC(C)(CCCCCC(F)(F)F)C(O)CSC1CCC(=O)C1CCCCCCC(=O)O. The molecule has 1 aliphatic rings. The number of ketones is 1. The summed E-state index contributed by atoms with van der Waals surface area (Å²) in [7, 11) is 0. The standard InChI is InChI=1S/C23H39F3O4S/c1-22(2,14-8-5-9-15-23(24,25)26)20(28)16-31-19-13-12-18(27)17(19)10-6-3-4-7-11-21(29)30/h17,19-20,28H,3-16H2,1-2H3,(H,29,30). The predicted octanol–water partition coefficient (Wildman–Crippen LogP) is 6.39. The van der Waals surface area contributed by atoms with Gasteiger partial charge in [-0.05, 0) is 37.5 Å². The summed E-state index contributed by atoms with van der Waals surface area (Å²) < 4.78 is 36.7. The molecule has 0 aromatic rings. The number of carbonyl (C=O) groups excluding carboxylic acids is 1. The van der Waals surface area contributed by atoms with Gasteiger partial charge >= 0.3 is 12.1 Å². The second kappa shape index (κ2) is 13.7. The molecule has 0 aromatic carbocycles. The average molecular weight is 469 g/mol. The molecule has 2 N–H and O–H groups in total. The Morgan fingerprint density at radius 2 is 1.68 bits per heavy atom. The fraction of sp³-hybridized carbons (Fsp3) is 0.913. The van der Waals surface area contributed by atoms with Crippen LogP contribution in [0.2, 0.25) is 0 Å². The lowest BCUT2D eigenvalue weighted by Gasteiger charge is -2.31. The maximum Gasteiger partial charge on any atom is 0.389 e. The molecule has 0 saturated heterocycles. The Labute approximate surface area is 188 Å². The van der Waals surface area contributed by atoms with Gasteiger partial charge in [-0.15, -0.1) is 0 Å². The van der Waals surface area contributed by atoms with E-state index in [0.29, 0.717) is 43.6 Å². The van der Waals surface area contributed by atoms with Gasteiger partial charge in [0.25, 0.3) is 0 Å². The van der Waals surface area contributed by atoms with Crippen molar-refractivity contribution in [1.82, 2.24) is 0 Å². The third-order valence-electron chi connectivity index (χ3n) is 6.34. The van der Waals surface area contributed by atoms with Crippen molar-refractivity contribution in [3.8, 4) is 0 Å². The predicted molar refractivity (Wildman–Crippen MR) is 118 cm³/mol. The summed E-state index contributed by atoms with van der Waals surface area (Å²) in [6, 6.07) is 0. The van der Waals surface area contributed by atoms with E-state index in [4.69, 9.17) is 5.11 Å². The molecule has 0 aliphatic heterocycles. The van der Waals surface area contributed by atoms with Gasteiger partial charge in [0.2, 0.25) is 0 Å². The van der Waals surface area contributed by atoms with Crippen LogP contribution in [0.3, 0.4) is 0 Å². The number of unbranched alkanes of at least 4 members (excludes halogenated alkanes) is 5. The highest BCUT2D eigenvalue weighted by Crippen LogP contribution is 2.38. The summed E-state index contributed by atoms with van der Waals surface area (Å²) in [5.74, 6) is 0.0663. The lowest BCUT2D eigenvalue weighted by molar-refractivity contribution is -0.137. The van der Waals surface area contributed by atoms with Gasteiger partial charge in [-0.3, -0.25) is 9.59 Å². The Morgan fingerprint density at radius 1 is 1.06 bits per heavy atom. The fourth-order valence-corrected chi connectivity index (χ4v) is 5.79. The number of aliphatic hydroxyl groups is 1. The third kappa shape index (κ3) is 12.2. The highest BCUT2D eigenvalue weighted by atomic mass is 32.2. The Balaban J connectivity index is 2.31. The summed E-state index contributed by atoms with van der Waals surface area (Å²) in [5, 5.41) is 19.5. The normalized spacial score (nSPS) is 20.9. The van der Waals surface area contributed by atoms with Crippen molar-refractivity contribution in [2.24, 2.45) is 11.3 Å². The van der Waals surface area contributed by atoms with Gasteiger partial charge in [-0.2, -0.15) is 24.9 Å². The van der Waals surface area contributed by atoms with E-state index in [1.807, 2.05) is 13.8 Å². The summed E-state index contributed by atoms with van der Waals surface area (Å²) in [6.07, 6.45) is 2.38. The van der Waals surface area contributed by atoms with Gasteiger partial charge < -0.3 is 10.2 Å². The molecule has 0 amide bonds. The molecule has 1 fully saturated rings. The topological polar surface area (TPSA) is 74.6 Å². The molecule has 0 heterocycles. The van der Waals surface area contributed by atoms with Crippen LogP contribution >= 0.6 is 11.8 Å². The smallest absolute Gasteiger partial charge is 0.389 e. The Morgan fingerprint density at radius 3 is 2.32 bits per heavy atom. The molecule has 0 aromatic heterocycles. The van der Waals surface area contributed by atoms with Crippen molar-refractivity contribution < 1.29 is 33.0 Å². The molecule has 1 aliphatic carbocycles. The lowest BCUT2D eigenvalue weighted by atomic mass is 9.82. The highest BCUT2D eigenvalue weighted by Gasteiger charge is 2.36. The summed E-state index contributed by atoms with van der Waals surface area (Å²) >= 11 is 1.65. The molecule has 0 bridgehead atoms. The summed E-state index contributed by atoms with van der Waals surface area (Å²) in [5.41, 5.74) is -0.368. The average Bonchev–Trinajstić information content (AvgIpc) is 3.00. The van der Waals surface area contributed by atoms with Crippen LogP contribution in [0.1, 0.15) is 97.3 Å². The Bertz CT molecular complexity index is 551. The van der Waals surface area contributed by atoms with E-state index in [1.54, 1.807) is 11.8 Å². The van der Waals surface area contributed by atoms with Crippen LogP contribution in [0.15, 0.2) is 0 Å². The number of carbonyl (C=O) groups is 2. The van der Waals surface area contributed by atoms with Gasteiger partial charge in [0.1, 0.15) is 5.78 Å². The van der Waals surface area contributed by atoms with Crippen LogP contribution in [0.4, 0.5) is 13.2 Å². The molecule has 8 heteroatoms. The monoisotopic (exact) mass is 468 g/mol. The lowest BCUT2D eigenvalue weighted by Crippen LogP contribution is -2.32. The van der Waals surface area contributed by atoms with Gasteiger partial charge in [0.15, 0.2) is 0 Å². The number of carboxylic acid groups (broad SMARTS) is 1. The molecular formula is C23H39F3O4S. The first-order valence-corrected chi connectivity index (χ1v) is 12.6. The number of thioether (sulfide) groups is 1. The van der Waals surface area contributed by atoms with Gasteiger partial charge in [-0.25, -0.2) is 0 Å². The van der Waals surface area contributed by atoms with Crippen LogP contribution in [-0.2, 0) is 9.59 Å². The molecule has 182 valence electrons. The number of aliphatic hydroxyl groups excluding tert-OH is 1. The van der Waals surface area contributed by atoms with Gasteiger partial charge in [0.05, 0.1) is 6.10 Å². The summed E-state index contributed by atoms with van der Waals surface area (Å²) in [4.78, 5) is 22.8. The zero-order valence-electron chi connectivity index (χ0n) is 18.9. The Kier molecular flexibility index (Phi) is 12.5. The van der Waals surface area contributed by atoms with Crippen LogP contribution in [0.5, 0.6) is 0 Å². The zero-order chi connectivity index (χ0) is 23.5. The first kappa shape index (κ1) is 28.3. The molecule has 3 atom stereocenters. The minimum Gasteiger partial charge on any atom is -0.481 e. The first-order valence-electron chi connectivity index (χ1n) is 11.5. The van der Waals surface area contributed by atoms with Crippen molar-refractivity contribution in [1.29, 1.82) is 0 Å². The number of aliphatic carboxylic acids is 1. The number of carboxylic acids is 1. The minimum absolute atomic E-state index is 0.0159. The van der Waals surface area contributed by atoms with Crippen LogP contribution in [0.25, 0.3) is 0 Å². The van der Waals surface area contributed by atoms with E-state index in [9.17, 15) is 27.9 Å². The molecular weight excluding hydrogens is 429 g/mol. The van der Waals surface area contributed by atoms with Gasteiger partial charge in [-0.1, -0.05) is 46.0 Å². The quantitative estimate of drug-likeness (QED) is 0.257. The first-order chi connectivity index (χ1) is 14.4. The highest BCUT2D eigenvalue weighted by molar-refractivity contribution is 8.00. The van der Waals surface area contributed by atoms with Crippen LogP contribution in [0, 0.1) is 11.3 Å². The summed E-state index contributed by atoms with van der Waals surface area (Å²) in [6.45, 7) is 3.91. The van der Waals surface area contributed by atoms with Crippen LogP contribution in [-0.4, -0.2) is 45.2 Å². The second-order valence-electron chi connectivity index (χ2n) is 9.51. The van der Waals surface area contributed by atoms with Crippen molar-refractivity contribution in [2.75, 3.05) is 5.75 Å². The molecule has 0 spiro atoms. The number of hydrogen-bond donors (Lipinski definition) is 2. The van der Waals surface area contributed by atoms with E-state index in [2.05, 4.69) is 0 Å². The number of Topliss-reactive ketones (excluding diaryl/α,β-unsaturated/α-hetero) is 1. The Hall–Kier alpha value is -0.760. The molecule has 0 radical (unpaired) electrons. The minimum atomic E-state index is -4.10. The van der Waals surface area contributed by atoms with E-state index in [0.717, 1.165) is 32.1 Å². The van der Waals surface area contributed by atoms with Crippen molar-refractivity contribution in [3.05, 3.63) is 0 Å². The molecule has 1 saturated carbocycles. The van der Waals surface area contributed by atoms with E-state index >= 15 is 0 Å². The van der Waals surface area contributed by atoms with Gasteiger partial charge in [0, 0.05) is 36.2 Å². The van der Waals surface area contributed by atoms with Crippen molar-refractivity contribution >= 4 is 23.5 Å². The number of rotatable bonds is 16. The molecule has 4 nitrogen and oxygen atoms in total. The largest absolute Gasteiger partial charge is 0.481 e. The maximum atomic E-state index is 12.3. The number of alkyl halides is 3. The van der Waals surface area contributed by atoms with Crippen molar-refractivity contribution in [2.45, 2.75) is 115 Å². The molecule has 31 heavy (non-hydrogen) atoms. The maximum absolute atomic E-state index is 12.3. The zero-order valence-corrected chi connectivity index (χ0v) is 19.7. The second-order valence-corrected chi connectivity index (χ2v) is 10.8. The number of hydrogen-bond acceptors (Lipinski definition) is 4.